The molecule has 0 fully saturated rings. The van der Waals surface area contributed by atoms with Crippen molar-refractivity contribution in [3.63, 3.8) is 0 Å². The molecule has 2 rings (SSSR count). The van der Waals surface area contributed by atoms with Crippen molar-refractivity contribution >= 4 is 5.91 Å². The minimum Gasteiger partial charge on any atom is -0.377 e. The average Bonchev–Trinajstić information content (AvgIpc) is 2.69. The Morgan fingerprint density at radius 3 is 2.26 bits per heavy atom. The van der Waals surface area contributed by atoms with E-state index in [-0.39, 0.29) is 19.2 Å². The van der Waals surface area contributed by atoms with Gasteiger partial charge >= 0.3 is 0 Å². The van der Waals surface area contributed by atoms with Gasteiger partial charge in [0.15, 0.2) is 5.82 Å². The molecule has 146 valence electrons. The van der Waals surface area contributed by atoms with Crippen LogP contribution >= 0.6 is 0 Å². The van der Waals surface area contributed by atoms with Crippen molar-refractivity contribution in [3.05, 3.63) is 35.7 Å². The summed E-state index contributed by atoms with van der Waals surface area (Å²) in [4.78, 5) is 11.8. The normalized spacial score (nSPS) is 10.7. The number of carbonyl (C=O) groups excluding carboxylic acids is 1. The molecule has 0 aliphatic heterocycles. The largest absolute Gasteiger partial charge is 0.377 e. The summed E-state index contributed by atoms with van der Waals surface area (Å²) in [6.45, 7) is 3.91. The highest BCUT2D eigenvalue weighted by Gasteiger charge is 2.05. The first-order valence-corrected chi connectivity index (χ1v) is 8.52. The van der Waals surface area contributed by atoms with Crippen molar-refractivity contribution in [3.8, 4) is 11.4 Å². The van der Waals surface area contributed by atoms with Gasteiger partial charge in [-0.1, -0.05) is 24.3 Å². The SMILES string of the molecule is Cc1nnc(-c2ccc(CNC(=O)COCCOCCOCN)cc2)nn1. The van der Waals surface area contributed by atoms with Gasteiger partial charge in [0.25, 0.3) is 0 Å². The number of carbonyl (C=O) groups is 1. The summed E-state index contributed by atoms with van der Waals surface area (Å²) >= 11 is 0. The van der Waals surface area contributed by atoms with Gasteiger partial charge in [-0.3, -0.25) is 4.79 Å². The fraction of sp³-hybridized carbons (Fsp3) is 0.471. The maximum Gasteiger partial charge on any atom is 0.246 e. The van der Waals surface area contributed by atoms with Crippen molar-refractivity contribution in [2.24, 2.45) is 5.73 Å². The number of nitrogens with one attached hydrogen (secondary N) is 1. The second kappa shape index (κ2) is 12.0. The minimum absolute atomic E-state index is 0.0186. The van der Waals surface area contributed by atoms with E-state index >= 15 is 0 Å². The van der Waals surface area contributed by atoms with Gasteiger partial charge in [-0.2, -0.15) is 0 Å². The molecule has 10 heteroatoms. The van der Waals surface area contributed by atoms with Gasteiger partial charge in [-0.05, 0) is 12.5 Å². The van der Waals surface area contributed by atoms with Crippen LogP contribution in [0.5, 0.6) is 0 Å². The number of hydrogen-bond acceptors (Lipinski definition) is 9. The molecule has 0 saturated heterocycles. The number of aryl methyl sites for hydroxylation is 1. The van der Waals surface area contributed by atoms with Gasteiger partial charge in [0.1, 0.15) is 6.61 Å². The predicted octanol–water partition coefficient (Wildman–Crippen LogP) is -0.176. The standard InChI is InChI=1S/C17H24N6O4/c1-13-20-22-17(23-21-13)15-4-2-14(3-5-15)10-19-16(24)11-26-8-6-25-7-9-27-12-18/h2-5H,6-12,18H2,1H3,(H,19,24). The van der Waals surface area contributed by atoms with Gasteiger partial charge in [0, 0.05) is 12.1 Å². The van der Waals surface area contributed by atoms with Crippen LogP contribution in [-0.4, -0.2) is 66.1 Å². The van der Waals surface area contributed by atoms with Crippen LogP contribution in [0.1, 0.15) is 11.4 Å². The van der Waals surface area contributed by atoms with Gasteiger partial charge in [-0.15, -0.1) is 20.4 Å². The first-order valence-electron chi connectivity index (χ1n) is 8.52. The highest BCUT2D eigenvalue weighted by Crippen LogP contribution is 2.13. The van der Waals surface area contributed by atoms with Crippen LogP contribution in [0, 0.1) is 6.92 Å². The average molecular weight is 376 g/mol. The van der Waals surface area contributed by atoms with E-state index in [0.717, 1.165) is 11.1 Å². The Kier molecular flexibility index (Phi) is 9.21. The van der Waals surface area contributed by atoms with Crippen LogP contribution in [-0.2, 0) is 25.5 Å². The van der Waals surface area contributed by atoms with Crippen molar-refractivity contribution in [1.82, 2.24) is 25.7 Å². The molecule has 0 unspecified atom stereocenters. The highest BCUT2D eigenvalue weighted by atomic mass is 16.5. The van der Waals surface area contributed by atoms with Crippen molar-refractivity contribution < 1.29 is 19.0 Å². The minimum atomic E-state index is -0.194. The molecule has 2 aromatic rings. The van der Waals surface area contributed by atoms with Crippen LogP contribution in [0.15, 0.2) is 24.3 Å². The molecule has 0 radical (unpaired) electrons. The monoisotopic (exact) mass is 376 g/mol. The second-order valence-corrected chi connectivity index (χ2v) is 5.48. The lowest BCUT2D eigenvalue weighted by Crippen LogP contribution is -2.27. The molecule has 0 aliphatic rings. The Labute approximate surface area is 157 Å². The molecular formula is C17H24N6O4. The van der Waals surface area contributed by atoms with Gasteiger partial charge in [0.05, 0.1) is 33.2 Å². The fourth-order valence-corrected chi connectivity index (χ4v) is 2.00. The lowest BCUT2D eigenvalue weighted by Gasteiger charge is -2.08. The topological polar surface area (TPSA) is 134 Å². The Morgan fingerprint density at radius 1 is 0.963 bits per heavy atom. The van der Waals surface area contributed by atoms with Crippen LogP contribution in [0.3, 0.4) is 0 Å². The molecule has 0 atom stereocenters. The molecular weight excluding hydrogens is 352 g/mol. The number of amides is 1. The molecule has 1 amide bonds. The van der Waals surface area contributed by atoms with Gasteiger partial charge in [-0.25, -0.2) is 0 Å². The zero-order valence-electron chi connectivity index (χ0n) is 15.3. The van der Waals surface area contributed by atoms with Crippen LogP contribution in [0.25, 0.3) is 11.4 Å². The molecule has 27 heavy (non-hydrogen) atoms. The van der Waals surface area contributed by atoms with Crippen LogP contribution < -0.4 is 11.1 Å². The van der Waals surface area contributed by atoms with E-state index in [1.165, 1.54) is 0 Å². The number of ether oxygens (including phenoxy) is 3. The van der Waals surface area contributed by atoms with E-state index < -0.39 is 0 Å². The molecule has 0 bridgehead atoms. The van der Waals surface area contributed by atoms with Gasteiger partial charge < -0.3 is 25.3 Å². The summed E-state index contributed by atoms with van der Waals surface area (Å²) in [6.07, 6.45) is 0. The third-order valence-electron chi connectivity index (χ3n) is 3.38. The maximum atomic E-state index is 11.8. The summed E-state index contributed by atoms with van der Waals surface area (Å²) in [6, 6.07) is 7.49. The fourth-order valence-electron chi connectivity index (χ4n) is 2.00. The summed E-state index contributed by atoms with van der Waals surface area (Å²) in [5.41, 5.74) is 6.93. The predicted molar refractivity (Wildman–Crippen MR) is 96.3 cm³/mol. The van der Waals surface area contributed by atoms with Crippen molar-refractivity contribution in [2.45, 2.75) is 13.5 Å². The molecule has 3 N–H and O–H groups in total. The first kappa shape index (κ1) is 20.8. The lowest BCUT2D eigenvalue weighted by molar-refractivity contribution is -0.126. The second-order valence-electron chi connectivity index (χ2n) is 5.48. The number of nitrogens with two attached hydrogens (primary N) is 1. The van der Waals surface area contributed by atoms with E-state index in [2.05, 4.69) is 25.7 Å². The molecule has 1 aromatic heterocycles. The first-order chi connectivity index (χ1) is 13.2. The van der Waals surface area contributed by atoms with E-state index in [1.54, 1.807) is 6.92 Å². The molecule has 0 saturated carbocycles. The molecule has 1 heterocycles. The van der Waals surface area contributed by atoms with Crippen molar-refractivity contribution in [1.29, 1.82) is 0 Å². The highest BCUT2D eigenvalue weighted by molar-refractivity contribution is 5.77. The number of benzene rings is 1. The Balaban J connectivity index is 1.61. The smallest absolute Gasteiger partial charge is 0.246 e. The zero-order valence-corrected chi connectivity index (χ0v) is 15.3. The van der Waals surface area contributed by atoms with Crippen LogP contribution in [0.4, 0.5) is 0 Å². The maximum absolute atomic E-state index is 11.8. The lowest BCUT2D eigenvalue weighted by atomic mass is 10.1. The van der Waals surface area contributed by atoms with E-state index in [4.69, 9.17) is 19.9 Å². The Hall–Kier alpha value is -2.53. The van der Waals surface area contributed by atoms with Gasteiger partial charge in [0.2, 0.25) is 11.7 Å². The van der Waals surface area contributed by atoms with E-state index in [9.17, 15) is 4.79 Å². The Bertz CT molecular complexity index is 681. The molecule has 0 spiro atoms. The quantitative estimate of drug-likeness (QED) is 0.382. The third-order valence-corrected chi connectivity index (χ3v) is 3.38. The number of hydrogen-bond donors (Lipinski definition) is 2. The number of rotatable bonds is 12. The molecule has 0 aliphatic carbocycles. The zero-order chi connectivity index (χ0) is 19.3. The third kappa shape index (κ3) is 8.13. The van der Waals surface area contributed by atoms with Crippen molar-refractivity contribution in [2.75, 3.05) is 39.8 Å². The summed E-state index contributed by atoms with van der Waals surface area (Å²) in [7, 11) is 0. The summed E-state index contributed by atoms with van der Waals surface area (Å²) < 4.78 is 15.4. The Morgan fingerprint density at radius 2 is 1.59 bits per heavy atom. The number of nitrogens with zero attached hydrogens (tertiary/aromatic N) is 4. The number of aromatic nitrogens is 4. The summed E-state index contributed by atoms with van der Waals surface area (Å²) in [5.74, 6) is 0.787. The van der Waals surface area contributed by atoms with E-state index in [0.29, 0.717) is 44.6 Å². The summed E-state index contributed by atoms with van der Waals surface area (Å²) in [5, 5.41) is 18.5. The molecule has 10 nitrogen and oxygen atoms in total. The van der Waals surface area contributed by atoms with Crippen LogP contribution in [0.2, 0.25) is 0 Å². The van der Waals surface area contributed by atoms with E-state index in [1.807, 2.05) is 24.3 Å². The molecule has 1 aromatic carbocycles.